The van der Waals surface area contributed by atoms with E-state index in [0.29, 0.717) is 35.0 Å². The van der Waals surface area contributed by atoms with Crippen molar-refractivity contribution in [2.24, 2.45) is 5.73 Å². The Bertz CT molecular complexity index is 953. The molecule has 1 unspecified atom stereocenters. The number of piperidine rings is 1. The number of anilines is 1. The highest BCUT2D eigenvalue weighted by molar-refractivity contribution is 5.79. The van der Waals surface area contributed by atoms with E-state index < -0.39 is 23.8 Å². The van der Waals surface area contributed by atoms with Crippen LogP contribution < -0.4 is 10.6 Å². The highest BCUT2D eigenvalue weighted by atomic mass is 19.2. The summed E-state index contributed by atoms with van der Waals surface area (Å²) in [5.41, 5.74) is 7.22. The summed E-state index contributed by atoms with van der Waals surface area (Å²) in [5.74, 6) is -0.803. The molecule has 0 saturated carbocycles. The van der Waals surface area contributed by atoms with Crippen molar-refractivity contribution in [2.45, 2.75) is 32.1 Å². The fraction of sp³-hybridized carbons (Fsp3) is 0.412. The van der Waals surface area contributed by atoms with Crippen molar-refractivity contribution in [2.75, 3.05) is 18.0 Å². The van der Waals surface area contributed by atoms with Crippen LogP contribution in [0.25, 0.3) is 11.0 Å². The Labute approximate surface area is 147 Å². The van der Waals surface area contributed by atoms with Crippen molar-refractivity contribution in [3.8, 4) is 0 Å². The van der Waals surface area contributed by atoms with Crippen LogP contribution in [-0.2, 0) is 6.54 Å². The van der Waals surface area contributed by atoms with E-state index in [1.807, 2.05) is 4.90 Å². The van der Waals surface area contributed by atoms with Crippen molar-refractivity contribution in [1.29, 1.82) is 0 Å². The van der Waals surface area contributed by atoms with Crippen LogP contribution in [0.4, 0.5) is 19.1 Å². The molecule has 1 saturated heterocycles. The summed E-state index contributed by atoms with van der Waals surface area (Å²) in [6, 6.07) is 3.28. The molecule has 138 valence electrons. The Balaban J connectivity index is 1.81. The van der Waals surface area contributed by atoms with Crippen molar-refractivity contribution in [3.63, 3.8) is 0 Å². The van der Waals surface area contributed by atoms with Gasteiger partial charge in [-0.05, 0) is 13.3 Å². The van der Waals surface area contributed by atoms with Gasteiger partial charge >= 0.3 is 0 Å². The van der Waals surface area contributed by atoms with Gasteiger partial charge in [-0.3, -0.25) is 0 Å². The highest BCUT2D eigenvalue weighted by Crippen LogP contribution is 2.28. The Kier molecular flexibility index (Phi) is 4.10. The molecule has 1 fully saturated rings. The standard InChI is InChI=1S/C17H18F3N5O/c1-9-4-10(23-26-9)7-25-16-6-13(20)12(19)5-15(16)22-17(25)24-3-2-11(18)14(21)8-24/h4-6,11,14H,2-3,7-8,21H2,1H3/t11?,14-/m1/s1. The molecule has 26 heavy (non-hydrogen) atoms. The molecule has 0 aliphatic carbocycles. The number of aryl methyl sites for hydroxylation is 1. The lowest BCUT2D eigenvalue weighted by atomic mass is 10.1. The van der Waals surface area contributed by atoms with E-state index in [1.54, 1.807) is 17.6 Å². The molecular formula is C17H18F3N5O. The summed E-state index contributed by atoms with van der Waals surface area (Å²) >= 11 is 0. The Morgan fingerprint density at radius 1 is 1.27 bits per heavy atom. The monoisotopic (exact) mass is 365 g/mol. The number of halogens is 3. The van der Waals surface area contributed by atoms with Crippen molar-refractivity contribution >= 4 is 17.0 Å². The molecule has 1 aliphatic rings. The van der Waals surface area contributed by atoms with Crippen LogP contribution in [0.1, 0.15) is 17.9 Å². The molecule has 2 aromatic heterocycles. The van der Waals surface area contributed by atoms with Crippen LogP contribution in [0.15, 0.2) is 22.7 Å². The molecule has 0 amide bonds. The van der Waals surface area contributed by atoms with Crippen molar-refractivity contribution in [1.82, 2.24) is 14.7 Å². The maximum atomic E-state index is 13.8. The predicted molar refractivity (Wildman–Crippen MR) is 89.7 cm³/mol. The number of rotatable bonds is 3. The molecule has 3 heterocycles. The number of aromatic nitrogens is 3. The number of hydrogen-bond donors (Lipinski definition) is 1. The predicted octanol–water partition coefficient (Wildman–Crippen LogP) is 2.53. The summed E-state index contributed by atoms with van der Waals surface area (Å²) in [6.07, 6.45) is -0.798. The number of alkyl halides is 1. The Hall–Kier alpha value is -2.55. The van der Waals surface area contributed by atoms with E-state index in [9.17, 15) is 13.2 Å². The van der Waals surface area contributed by atoms with Gasteiger partial charge in [0.25, 0.3) is 0 Å². The maximum absolute atomic E-state index is 13.8. The quantitative estimate of drug-likeness (QED) is 0.772. The molecular weight excluding hydrogens is 347 g/mol. The van der Waals surface area contributed by atoms with E-state index in [1.165, 1.54) is 0 Å². The molecule has 3 aromatic rings. The molecule has 0 radical (unpaired) electrons. The van der Waals surface area contributed by atoms with Crippen LogP contribution in [0.2, 0.25) is 0 Å². The first-order chi connectivity index (χ1) is 12.4. The van der Waals surface area contributed by atoms with Gasteiger partial charge in [-0.25, -0.2) is 18.2 Å². The van der Waals surface area contributed by atoms with Gasteiger partial charge in [0.1, 0.15) is 17.6 Å². The van der Waals surface area contributed by atoms with Crippen molar-refractivity contribution < 1.29 is 17.7 Å². The van der Waals surface area contributed by atoms with E-state index in [4.69, 9.17) is 10.3 Å². The minimum atomic E-state index is -1.07. The summed E-state index contributed by atoms with van der Waals surface area (Å²) < 4.78 is 48.0. The van der Waals surface area contributed by atoms with Crippen LogP contribution >= 0.6 is 0 Å². The number of benzene rings is 1. The minimum Gasteiger partial charge on any atom is -0.361 e. The number of hydrogen-bond acceptors (Lipinski definition) is 5. The van der Waals surface area contributed by atoms with Crippen LogP contribution in [0, 0.1) is 18.6 Å². The van der Waals surface area contributed by atoms with Crippen LogP contribution in [0.3, 0.4) is 0 Å². The Morgan fingerprint density at radius 3 is 2.73 bits per heavy atom. The molecule has 0 bridgehead atoms. The van der Waals surface area contributed by atoms with Crippen LogP contribution in [-0.4, -0.2) is 40.0 Å². The van der Waals surface area contributed by atoms with Crippen LogP contribution in [0.5, 0.6) is 0 Å². The summed E-state index contributed by atoms with van der Waals surface area (Å²) in [7, 11) is 0. The van der Waals surface area contributed by atoms with Gasteiger partial charge in [-0.1, -0.05) is 5.16 Å². The van der Waals surface area contributed by atoms with Gasteiger partial charge < -0.3 is 19.7 Å². The second-order valence-corrected chi connectivity index (χ2v) is 6.60. The third kappa shape index (κ3) is 2.92. The van der Waals surface area contributed by atoms with E-state index in [0.717, 1.165) is 12.1 Å². The van der Waals surface area contributed by atoms with Crippen molar-refractivity contribution in [3.05, 3.63) is 41.3 Å². The molecule has 0 spiro atoms. The smallest absolute Gasteiger partial charge is 0.206 e. The third-order valence-electron chi connectivity index (χ3n) is 4.62. The average Bonchev–Trinajstić information content (AvgIpc) is 3.15. The summed E-state index contributed by atoms with van der Waals surface area (Å²) in [4.78, 5) is 6.28. The fourth-order valence-electron chi connectivity index (χ4n) is 3.29. The second kappa shape index (κ2) is 6.31. The average molecular weight is 365 g/mol. The lowest BCUT2D eigenvalue weighted by Gasteiger charge is -2.34. The second-order valence-electron chi connectivity index (χ2n) is 6.60. The van der Waals surface area contributed by atoms with E-state index in [-0.39, 0.29) is 19.5 Å². The Morgan fingerprint density at radius 2 is 2.04 bits per heavy atom. The van der Waals surface area contributed by atoms with Gasteiger partial charge in [0.15, 0.2) is 11.6 Å². The maximum Gasteiger partial charge on any atom is 0.206 e. The number of imidazole rings is 1. The number of nitrogens with zero attached hydrogens (tertiary/aromatic N) is 4. The van der Waals surface area contributed by atoms with Gasteiger partial charge in [0, 0.05) is 31.3 Å². The molecule has 1 aliphatic heterocycles. The SMILES string of the molecule is Cc1cc(Cn2c(N3CCC(F)[C@H](N)C3)nc3cc(F)c(F)cc32)no1. The zero-order chi connectivity index (χ0) is 18.4. The molecule has 6 nitrogen and oxygen atoms in total. The van der Waals surface area contributed by atoms with E-state index in [2.05, 4.69) is 10.1 Å². The number of fused-ring (bicyclic) bond motifs is 1. The van der Waals surface area contributed by atoms with E-state index >= 15 is 0 Å². The highest BCUT2D eigenvalue weighted by Gasteiger charge is 2.29. The normalized spacial score (nSPS) is 20.9. The zero-order valence-corrected chi connectivity index (χ0v) is 14.1. The molecule has 4 rings (SSSR count). The molecule has 1 aromatic carbocycles. The first kappa shape index (κ1) is 16.9. The molecule has 2 atom stereocenters. The first-order valence-electron chi connectivity index (χ1n) is 8.34. The topological polar surface area (TPSA) is 73.1 Å². The molecule has 9 heteroatoms. The lowest BCUT2D eigenvalue weighted by molar-refractivity contribution is 0.243. The molecule has 2 N–H and O–H groups in total. The number of nitrogens with two attached hydrogens (primary N) is 1. The fourth-order valence-corrected chi connectivity index (χ4v) is 3.29. The summed E-state index contributed by atoms with van der Waals surface area (Å²) in [6.45, 7) is 2.72. The minimum absolute atomic E-state index is 0.263. The van der Waals surface area contributed by atoms with Gasteiger partial charge in [0.05, 0.1) is 23.6 Å². The largest absolute Gasteiger partial charge is 0.361 e. The zero-order valence-electron chi connectivity index (χ0n) is 14.1. The van der Waals surface area contributed by atoms with Gasteiger partial charge in [0.2, 0.25) is 5.95 Å². The first-order valence-corrected chi connectivity index (χ1v) is 8.34. The van der Waals surface area contributed by atoms with Gasteiger partial charge in [-0.15, -0.1) is 0 Å². The third-order valence-corrected chi connectivity index (χ3v) is 4.62. The van der Waals surface area contributed by atoms with Gasteiger partial charge in [-0.2, -0.15) is 0 Å². The lowest BCUT2D eigenvalue weighted by Crippen LogP contribution is -2.50. The summed E-state index contributed by atoms with van der Waals surface area (Å²) in [5, 5.41) is 3.96.